The lowest BCUT2D eigenvalue weighted by molar-refractivity contribution is -0.130. The summed E-state index contributed by atoms with van der Waals surface area (Å²) in [6.07, 6.45) is 2.01. The van der Waals surface area contributed by atoms with Gasteiger partial charge in [-0.05, 0) is 38.1 Å². The van der Waals surface area contributed by atoms with Crippen molar-refractivity contribution in [2.45, 2.75) is 39.3 Å². The number of carbonyl (C=O) groups is 1. The van der Waals surface area contributed by atoms with Crippen molar-refractivity contribution in [2.75, 3.05) is 26.3 Å². The number of hydrogen-bond donors (Lipinski definition) is 1. The highest BCUT2D eigenvalue weighted by molar-refractivity contribution is 7.09. The van der Waals surface area contributed by atoms with Crippen molar-refractivity contribution < 1.29 is 9.53 Å². The van der Waals surface area contributed by atoms with Gasteiger partial charge in [0.2, 0.25) is 5.91 Å². The maximum atomic E-state index is 12.7. The molecular weight excluding hydrogens is 296 g/mol. The number of carbonyl (C=O) groups excluding carboxylic acids is 1. The smallest absolute Gasteiger partial charge is 0.225 e. The average molecular weight is 322 g/mol. The number of likely N-dealkylation sites (tertiary alicyclic amines) is 1. The van der Waals surface area contributed by atoms with Crippen molar-refractivity contribution in [3.63, 3.8) is 0 Å². The van der Waals surface area contributed by atoms with Crippen LogP contribution in [0.15, 0.2) is 17.5 Å². The van der Waals surface area contributed by atoms with Crippen molar-refractivity contribution in [3.8, 4) is 0 Å². The van der Waals surface area contributed by atoms with Crippen LogP contribution in [0, 0.1) is 11.3 Å². The van der Waals surface area contributed by atoms with Crippen LogP contribution in [0.2, 0.25) is 0 Å². The first-order valence-electron chi connectivity index (χ1n) is 8.22. The summed E-state index contributed by atoms with van der Waals surface area (Å²) in [5, 5.41) is 5.26. The number of thiophene rings is 1. The molecule has 0 radical (unpaired) electrons. The zero-order chi connectivity index (χ0) is 15.6. The number of nitrogens with zero attached hydrogens (tertiary/aromatic N) is 1. The van der Waals surface area contributed by atoms with Gasteiger partial charge in [-0.3, -0.25) is 9.69 Å². The van der Waals surface area contributed by atoms with Crippen LogP contribution in [0.5, 0.6) is 0 Å². The molecule has 0 saturated carbocycles. The minimum absolute atomic E-state index is 0.0961. The van der Waals surface area contributed by atoms with E-state index in [9.17, 15) is 4.79 Å². The fourth-order valence-electron chi connectivity index (χ4n) is 3.85. The fourth-order valence-corrected chi connectivity index (χ4v) is 4.59. The van der Waals surface area contributed by atoms with E-state index < -0.39 is 0 Å². The molecule has 5 heteroatoms. The van der Waals surface area contributed by atoms with Gasteiger partial charge in [0.1, 0.15) is 0 Å². The maximum Gasteiger partial charge on any atom is 0.225 e. The molecule has 1 N–H and O–H groups in total. The first kappa shape index (κ1) is 16.0. The van der Waals surface area contributed by atoms with Gasteiger partial charge in [0, 0.05) is 49.2 Å². The lowest BCUT2D eigenvalue weighted by Gasteiger charge is -2.37. The Hall–Kier alpha value is -0.910. The maximum absolute atomic E-state index is 12.7. The predicted molar refractivity (Wildman–Crippen MR) is 88.9 cm³/mol. The van der Waals surface area contributed by atoms with E-state index >= 15 is 0 Å². The van der Waals surface area contributed by atoms with Gasteiger partial charge in [-0.1, -0.05) is 6.07 Å². The van der Waals surface area contributed by atoms with Gasteiger partial charge in [-0.2, -0.15) is 0 Å². The van der Waals surface area contributed by atoms with E-state index in [1.165, 1.54) is 4.88 Å². The highest BCUT2D eigenvalue weighted by atomic mass is 32.1. The minimum Gasteiger partial charge on any atom is -0.381 e. The van der Waals surface area contributed by atoms with Crippen LogP contribution in [0.4, 0.5) is 0 Å². The molecule has 0 aromatic carbocycles. The van der Waals surface area contributed by atoms with Crippen LogP contribution >= 0.6 is 11.3 Å². The normalized spacial score (nSPS) is 25.0. The lowest BCUT2D eigenvalue weighted by Crippen LogP contribution is -2.46. The summed E-state index contributed by atoms with van der Waals surface area (Å²) in [5.74, 6) is 0.323. The van der Waals surface area contributed by atoms with E-state index in [2.05, 4.69) is 27.7 Å². The monoisotopic (exact) mass is 322 g/mol. The summed E-state index contributed by atoms with van der Waals surface area (Å²) in [6.45, 7) is 8.50. The number of nitrogens with one attached hydrogen (secondary N) is 1. The largest absolute Gasteiger partial charge is 0.381 e. The summed E-state index contributed by atoms with van der Waals surface area (Å²) in [5.41, 5.74) is 0.106. The molecule has 3 rings (SSSR count). The van der Waals surface area contributed by atoms with Crippen LogP contribution < -0.4 is 5.32 Å². The molecule has 4 nitrogen and oxygen atoms in total. The molecule has 1 unspecified atom stereocenters. The Bertz CT molecular complexity index is 495. The molecule has 2 saturated heterocycles. The van der Waals surface area contributed by atoms with Crippen LogP contribution in [0.1, 0.15) is 31.6 Å². The Kier molecular flexibility index (Phi) is 4.85. The second-order valence-electron chi connectivity index (χ2n) is 6.94. The molecule has 1 atom stereocenters. The quantitative estimate of drug-likeness (QED) is 0.926. The molecule has 1 aromatic rings. The van der Waals surface area contributed by atoms with Crippen LogP contribution in [-0.2, 0) is 16.1 Å². The van der Waals surface area contributed by atoms with Gasteiger partial charge in [-0.25, -0.2) is 0 Å². The molecule has 22 heavy (non-hydrogen) atoms. The van der Waals surface area contributed by atoms with Crippen molar-refractivity contribution in [1.82, 2.24) is 10.2 Å². The van der Waals surface area contributed by atoms with Gasteiger partial charge >= 0.3 is 0 Å². The molecular formula is C17H26N2O2S. The SMILES string of the molecule is CC(C)NC(=O)C1CN(Cc2cccs2)CC12CCOCC2. The van der Waals surface area contributed by atoms with E-state index in [1.54, 1.807) is 11.3 Å². The summed E-state index contributed by atoms with van der Waals surface area (Å²) in [6, 6.07) is 4.49. The summed E-state index contributed by atoms with van der Waals surface area (Å²) < 4.78 is 5.56. The highest BCUT2D eigenvalue weighted by Gasteiger charge is 2.50. The van der Waals surface area contributed by atoms with Gasteiger partial charge in [0.15, 0.2) is 0 Å². The Labute approximate surface area is 136 Å². The van der Waals surface area contributed by atoms with Gasteiger partial charge in [-0.15, -0.1) is 11.3 Å². The van der Waals surface area contributed by atoms with Gasteiger partial charge in [0.05, 0.1) is 5.92 Å². The first-order chi connectivity index (χ1) is 10.6. The Balaban J connectivity index is 1.74. The minimum atomic E-state index is 0.0961. The van der Waals surface area contributed by atoms with Crippen LogP contribution in [0.3, 0.4) is 0 Å². The zero-order valence-electron chi connectivity index (χ0n) is 13.5. The van der Waals surface area contributed by atoms with Crippen molar-refractivity contribution in [1.29, 1.82) is 0 Å². The van der Waals surface area contributed by atoms with E-state index in [0.717, 1.165) is 45.7 Å². The van der Waals surface area contributed by atoms with Crippen LogP contribution in [0.25, 0.3) is 0 Å². The molecule has 2 aliphatic heterocycles. The average Bonchev–Trinajstić information content (AvgIpc) is 3.08. The van der Waals surface area contributed by atoms with Crippen LogP contribution in [-0.4, -0.2) is 43.2 Å². The van der Waals surface area contributed by atoms with E-state index in [-0.39, 0.29) is 23.3 Å². The van der Waals surface area contributed by atoms with Crippen molar-refractivity contribution in [3.05, 3.63) is 22.4 Å². The summed E-state index contributed by atoms with van der Waals surface area (Å²) in [4.78, 5) is 16.5. The molecule has 1 spiro atoms. The summed E-state index contributed by atoms with van der Waals surface area (Å²) >= 11 is 1.80. The highest BCUT2D eigenvalue weighted by Crippen LogP contribution is 2.45. The first-order valence-corrected chi connectivity index (χ1v) is 9.10. The topological polar surface area (TPSA) is 41.6 Å². The van der Waals surface area contributed by atoms with Crippen molar-refractivity contribution >= 4 is 17.2 Å². The molecule has 3 heterocycles. The second kappa shape index (κ2) is 6.69. The Morgan fingerprint density at radius 3 is 2.91 bits per heavy atom. The van der Waals surface area contributed by atoms with E-state index in [0.29, 0.717) is 0 Å². The third kappa shape index (κ3) is 3.36. The molecule has 122 valence electrons. The standard InChI is InChI=1S/C17H26N2O2S/c1-13(2)18-16(20)15-11-19(10-14-4-3-9-22-14)12-17(15)5-7-21-8-6-17/h3-4,9,13,15H,5-8,10-12H2,1-2H3,(H,18,20). The molecule has 1 aromatic heterocycles. The fraction of sp³-hybridized carbons (Fsp3) is 0.706. The Morgan fingerprint density at radius 1 is 1.50 bits per heavy atom. The number of rotatable bonds is 4. The molecule has 0 aliphatic carbocycles. The molecule has 1 amide bonds. The molecule has 0 bridgehead atoms. The predicted octanol–water partition coefficient (Wildman–Crippen LogP) is 2.50. The van der Waals surface area contributed by atoms with Crippen molar-refractivity contribution in [2.24, 2.45) is 11.3 Å². The summed E-state index contributed by atoms with van der Waals surface area (Å²) in [7, 11) is 0. The zero-order valence-corrected chi connectivity index (χ0v) is 14.3. The third-order valence-electron chi connectivity index (χ3n) is 4.91. The van der Waals surface area contributed by atoms with E-state index in [4.69, 9.17) is 4.74 Å². The Morgan fingerprint density at radius 2 is 2.27 bits per heavy atom. The second-order valence-corrected chi connectivity index (χ2v) is 7.97. The molecule has 2 aliphatic rings. The molecule has 2 fully saturated rings. The van der Waals surface area contributed by atoms with Gasteiger partial charge in [0.25, 0.3) is 0 Å². The van der Waals surface area contributed by atoms with Gasteiger partial charge < -0.3 is 10.1 Å². The number of hydrogen-bond acceptors (Lipinski definition) is 4. The third-order valence-corrected chi connectivity index (χ3v) is 5.78. The lowest BCUT2D eigenvalue weighted by atomic mass is 9.71. The number of amides is 1. The number of ether oxygens (including phenoxy) is 1. The van der Waals surface area contributed by atoms with E-state index in [1.807, 2.05) is 13.8 Å².